The molecule has 0 radical (unpaired) electrons. The number of amides is 1. The van der Waals surface area contributed by atoms with Gasteiger partial charge >= 0.3 is 0 Å². The molecular weight excluding hydrogens is 246 g/mol. The van der Waals surface area contributed by atoms with Crippen LogP contribution in [-0.4, -0.2) is 58.3 Å². The topological polar surface area (TPSA) is 78.5 Å². The summed E-state index contributed by atoms with van der Waals surface area (Å²) in [5.74, 6) is -0.125. The van der Waals surface area contributed by atoms with Gasteiger partial charge in [-0.15, -0.1) is 0 Å². The second kappa shape index (κ2) is 4.99. The van der Waals surface area contributed by atoms with E-state index >= 15 is 0 Å². The first kappa shape index (κ1) is 12.1. The summed E-state index contributed by atoms with van der Waals surface area (Å²) in [6, 6.07) is 5.16. The molecule has 2 aromatic heterocycles. The van der Waals surface area contributed by atoms with Crippen molar-refractivity contribution in [1.29, 1.82) is 0 Å². The molecule has 1 unspecified atom stereocenters. The zero-order valence-corrected chi connectivity index (χ0v) is 10.4. The molecule has 1 saturated heterocycles. The van der Waals surface area contributed by atoms with Crippen molar-refractivity contribution in [2.45, 2.75) is 6.04 Å². The van der Waals surface area contributed by atoms with Crippen LogP contribution in [0.3, 0.4) is 0 Å². The number of hydrogen-bond donors (Lipinski definition) is 2. The number of ether oxygens (including phenoxy) is 1. The number of carbonyl (C=O) groups excluding carboxylic acids is 1. The largest absolute Gasteiger partial charge is 0.394 e. The summed E-state index contributed by atoms with van der Waals surface area (Å²) in [5, 5.41) is 9.30. The Morgan fingerprint density at radius 2 is 2.53 bits per heavy atom. The fourth-order valence-corrected chi connectivity index (χ4v) is 2.30. The van der Waals surface area contributed by atoms with Crippen LogP contribution >= 0.6 is 0 Å². The summed E-state index contributed by atoms with van der Waals surface area (Å²) in [6.45, 7) is 1.28. The van der Waals surface area contributed by atoms with E-state index in [1.807, 2.05) is 12.1 Å². The Kier molecular flexibility index (Phi) is 3.18. The summed E-state index contributed by atoms with van der Waals surface area (Å²) in [7, 11) is 0. The Balaban J connectivity index is 1.89. The number of nitrogens with one attached hydrogen (secondary N) is 1. The monoisotopic (exact) mass is 261 g/mol. The standard InChI is InChI=1S/C13H15N3O3/c17-7-9-8-19-5-4-16(9)13(18)12-6-11-10(15-12)2-1-3-14-11/h1-3,6,9,15,17H,4-5,7-8H2. The molecular formula is C13H15N3O3. The summed E-state index contributed by atoms with van der Waals surface area (Å²) < 4.78 is 5.27. The summed E-state index contributed by atoms with van der Waals surface area (Å²) >= 11 is 0. The first-order chi connectivity index (χ1) is 9.29. The predicted octanol–water partition coefficient (Wildman–Crippen LogP) is 0.396. The van der Waals surface area contributed by atoms with Crippen molar-refractivity contribution in [3.8, 4) is 0 Å². The Morgan fingerprint density at radius 1 is 1.63 bits per heavy atom. The second-order valence-corrected chi connectivity index (χ2v) is 4.53. The Labute approximate surface area is 110 Å². The van der Waals surface area contributed by atoms with Crippen LogP contribution in [0.5, 0.6) is 0 Å². The second-order valence-electron chi connectivity index (χ2n) is 4.53. The van der Waals surface area contributed by atoms with Gasteiger partial charge in [0.2, 0.25) is 0 Å². The van der Waals surface area contributed by atoms with E-state index in [4.69, 9.17) is 4.74 Å². The van der Waals surface area contributed by atoms with E-state index < -0.39 is 0 Å². The number of aromatic amines is 1. The average molecular weight is 261 g/mol. The van der Waals surface area contributed by atoms with Crippen molar-refractivity contribution in [3.63, 3.8) is 0 Å². The molecule has 1 atom stereocenters. The van der Waals surface area contributed by atoms with E-state index in [9.17, 15) is 9.90 Å². The van der Waals surface area contributed by atoms with Gasteiger partial charge in [0.15, 0.2) is 0 Å². The molecule has 19 heavy (non-hydrogen) atoms. The van der Waals surface area contributed by atoms with Crippen molar-refractivity contribution in [2.24, 2.45) is 0 Å². The average Bonchev–Trinajstić information content (AvgIpc) is 2.90. The van der Waals surface area contributed by atoms with Gasteiger partial charge in [-0.1, -0.05) is 0 Å². The Hall–Kier alpha value is -1.92. The number of morpholine rings is 1. The molecule has 3 rings (SSSR count). The number of hydrogen-bond acceptors (Lipinski definition) is 4. The predicted molar refractivity (Wildman–Crippen MR) is 68.8 cm³/mol. The molecule has 0 bridgehead atoms. The quantitative estimate of drug-likeness (QED) is 0.820. The highest BCUT2D eigenvalue weighted by Crippen LogP contribution is 2.16. The number of nitrogens with zero attached hydrogens (tertiary/aromatic N) is 2. The summed E-state index contributed by atoms with van der Waals surface area (Å²) in [5.41, 5.74) is 2.09. The van der Waals surface area contributed by atoms with Gasteiger partial charge in [-0.2, -0.15) is 0 Å². The van der Waals surface area contributed by atoms with Crippen molar-refractivity contribution in [3.05, 3.63) is 30.1 Å². The van der Waals surface area contributed by atoms with Gasteiger partial charge in [0, 0.05) is 12.7 Å². The molecule has 2 aromatic rings. The van der Waals surface area contributed by atoms with Crippen LogP contribution < -0.4 is 0 Å². The lowest BCUT2D eigenvalue weighted by Gasteiger charge is -2.34. The normalized spacial score (nSPS) is 19.8. The zero-order chi connectivity index (χ0) is 13.2. The Bertz CT molecular complexity index is 563. The lowest BCUT2D eigenvalue weighted by atomic mass is 10.2. The number of aromatic nitrogens is 2. The van der Waals surface area contributed by atoms with Gasteiger partial charge in [0.1, 0.15) is 5.69 Å². The van der Waals surface area contributed by atoms with Crippen LogP contribution in [0.15, 0.2) is 24.4 Å². The number of pyridine rings is 1. The third-order valence-corrected chi connectivity index (χ3v) is 3.32. The third kappa shape index (κ3) is 2.20. The maximum Gasteiger partial charge on any atom is 0.270 e. The number of rotatable bonds is 2. The highest BCUT2D eigenvalue weighted by atomic mass is 16.5. The lowest BCUT2D eigenvalue weighted by Crippen LogP contribution is -2.50. The van der Waals surface area contributed by atoms with Gasteiger partial charge in [0.25, 0.3) is 5.91 Å². The van der Waals surface area contributed by atoms with E-state index in [0.29, 0.717) is 25.5 Å². The fraction of sp³-hybridized carbons (Fsp3) is 0.385. The summed E-state index contributed by atoms with van der Waals surface area (Å²) in [4.78, 5) is 21.3. The maximum absolute atomic E-state index is 12.4. The van der Waals surface area contributed by atoms with Gasteiger partial charge in [0.05, 0.1) is 36.9 Å². The van der Waals surface area contributed by atoms with Crippen molar-refractivity contribution in [1.82, 2.24) is 14.9 Å². The number of fused-ring (bicyclic) bond motifs is 1. The van der Waals surface area contributed by atoms with E-state index in [1.54, 1.807) is 17.2 Å². The van der Waals surface area contributed by atoms with Crippen LogP contribution in [0.2, 0.25) is 0 Å². The van der Waals surface area contributed by atoms with Crippen LogP contribution in [0.4, 0.5) is 0 Å². The van der Waals surface area contributed by atoms with E-state index in [2.05, 4.69) is 9.97 Å². The Morgan fingerprint density at radius 3 is 3.32 bits per heavy atom. The summed E-state index contributed by atoms with van der Waals surface area (Å²) in [6.07, 6.45) is 1.69. The first-order valence-corrected chi connectivity index (χ1v) is 6.23. The molecule has 1 aliphatic rings. The third-order valence-electron chi connectivity index (χ3n) is 3.32. The fourth-order valence-electron chi connectivity index (χ4n) is 2.30. The number of aliphatic hydroxyl groups is 1. The van der Waals surface area contributed by atoms with E-state index in [-0.39, 0.29) is 18.6 Å². The van der Waals surface area contributed by atoms with E-state index in [1.165, 1.54) is 0 Å². The molecule has 0 spiro atoms. The molecule has 3 heterocycles. The SMILES string of the molecule is O=C(c1cc2ncccc2[nH]1)N1CCOCC1CO. The van der Waals surface area contributed by atoms with Crippen LogP contribution in [0.1, 0.15) is 10.5 Å². The first-order valence-electron chi connectivity index (χ1n) is 6.23. The minimum absolute atomic E-state index is 0.0930. The number of H-pyrrole nitrogens is 1. The molecule has 0 aromatic carbocycles. The van der Waals surface area contributed by atoms with Crippen molar-refractivity contribution in [2.75, 3.05) is 26.4 Å². The molecule has 100 valence electrons. The van der Waals surface area contributed by atoms with Crippen LogP contribution in [-0.2, 0) is 4.74 Å². The minimum Gasteiger partial charge on any atom is -0.394 e. The molecule has 1 aliphatic heterocycles. The smallest absolute Gasteiger partial charge is 0.270 e. The van der Waals surface area contributed by atoms with Gasteiger partial charge in [-0.3, -0.25) is 9.78 Å². The zero-order valence-electron chi connectivity index (χ0n) is 10.4. The number of aliphatic hydroxyl groups excluding tert-OH is 1. The molecule has 1 fully saturated rings. The van der Waals surface area contributed by atoms with Crippen molar-refractivity contribution >= 4 is 16.9 Å². The minimum atomic E-state index is -0.277. The van der Waals surface area contributed by atoms with Gasteiger partial charge < -0.3 is 19.7 Å². The molecule has 1 amide bonds. The molecule has 0 saturated carbocycles. The van der Waals surface area contributed by atoms with Crippen LogP contribution in [0.25, 0.3) is 11.0 Å². The molecule has 6 heteroatoms. The van der Waals surface area contributed by atoms with Crippen molar-refractivity contribution < 1.29 is 14.6 Å². The molecule has 0 aliphatic carbocycles. The lowest BCUT2D eigenvalue weighted by molar-refractivity contribution is -0.0186. The highest BCUT2D eigenvalue weighted by molar-refractivity contribution is 5.97. The highest BCUT2D eigenvalue weighted by Gasteiger charge is 2.28. The molecule has 6 nitrogen and oxygen atoms in total. The van der Waals surface area contributed by atoms with Gasteiger partial charge in [-0.25, -0.2) is 0 Å². The van der Waals surface area contributed by atoms with Gasteiger partial charge in [-0.05, 0) is 18.2 Å². The number of carbonyl (C=O) groups is 1. The maximum atomic E-state index is 12.4. The van der Waals surface area contributed by atoms with E-state index in [0.717, 1.165) is 11.0 Å². The van der Waals surface area contributed by atoms with Crippen LogP contribution in [0, 0.1) is 0 Å². The molecule has 2 N–H and O–H groups in total.